The number of anilines is 3. The molecule has 7 nitrogen and oxygen atoms in total. The number of nitrogens with one attached hydrogen (secondary N) is 2. The highest BCUT2D eigenvalue weighted by Crippen LogP contribution is 2.30. The van der Waals surface area contributed by atoms with E-state index in [1.54, 1.807) is 35.2 Å². The van der Waals surface area contributed by atoms with Crippen molar-refractivity contribution in [3.8, 4) is 0 Å². The van der Waals surface area contributed by atoms with Crippen LogP contribution >= 0.6 is 11.6 Å². The number of morpholine rings is 1. The Morgan fingerprint density at radius 1 is 1.07 bits per heavy atom. The van der Waals surface area contributed by atoms with Crippen LogP contribution in [-0.4, -0.2) is 51.3 Å². The molecule has 146 valence electrons. The van der Waals surface area contributed by atoms with Crippen molar-refractivity contribution in [1.82, 2.24) is 5.32 Å². The molecular weight excluding hydrogens is 380 g/mol. The van der Waals surface area contributed by atoms with Crippen LogP contribution in [0.5, 0.6) is 0 Å². The smallest absolute Gasteiger partial charge is 0.321 e. The zero-order valence-electron chi connectivity index (χ0n) is 15.3. The molecule has 0 unspecified atom stereocenters. The average Bonchev–Trinajstić information content (AvgIpc) is 3.15. The van der Waals surface area contributed by atoms with Gasteiger partial charge in [-0.05, 0) is 42.5 Å². The molecule has 28 heavy (non-hydrogen) atoms. The number of carbonyl (C=O) groups excluding carboxylic acids is 2. The van der Waals surface area contributed by atoms with Crippen molar-refractivity contribution in [1.29, 1.82) is 0 Å². The Morgan fingerprint density at radius 3 is 2.50 bits per heavy atom. The van der Waals surface area contributed by atoms with Gasteiger partial charge in [0.15, 0.2) is 0 Å². The predicted molar refractivity (Wildman–Crippen MR) is 110 cm³/mol. The second-order valence-corrected chi connectivity index (χ2v) is 7.08. The molecule has 0 aromatic heterocycles. The first kappa shape index (κ1) is 18.6. The number of nitrogens with zero attached hydrogens (tertiary/aromatic N) is 2. The fourth-order valence-corrected chi connectivity index (χ4v) is 3.57. The van der Waals surface area contributed by atoms with Gasteiger partial charge in [0.2, 0.25) is 0 Å². The first-order valence-electron chi connectivity index (χ1n) is 9.21. The lowest BCUT2D eigenvalue weighted by atomic mass is 10.1. The van der Waals surface area contributed by atoms with Crippen LogP contribution in [-0.2, 0) is 4.74 Å². The molecule has 2 heterocycles. The van der Waals surface area contributed by atoms with Gasteiger partial charge < -0.3 is 20.3 Å². The number of rotatable bonds is 4. The van der Waals surface area contributed by atoms with Crippen LogP contribution in [0.1, 0.15) is 10.4 Å². The fourth-order valence-electron chi connectivity index (χ4n) is 3.39. The largest absolute Gasteiger partial charge is 0.378 e. The summed E-state index contributed by atoms with van der Waals surface area (Å²) in [6.45, 7) is 4.08. The van der Waals surface area contributed by atoms with Crippen LogP contribution in [0.3, 0.4) is 0 Å². The van der Waals surface area contributed by atoms with Gasteiger partial charge in [0, 0.05) is 42.5 Å². The Hall–Kier alpha value is -2.77. The number of halogens is 1. The van der Waals surface area contributed by atoms with E-state index in [9.17, 15) is 9.59 Å². The molecular formula is C20H21ClN4O3. The lowest BCUT2D eigenvalue weighted by Gasteiger charge is -2.30. The van der Waals surface area contributed by atoms with E-state index in [1.165, 1.54) is 0 Å². The summed E-state index contributed by atoms with van der Waals surface area (Å²) >= 11 is 6.15. The monoisotopic (exact) mass is 400 g/mol. The number of ether oxygens (including phenoxy) is 1. The Labute approximate surface area is 168 Å². The van der Waals surface area contributed by atoms with Crippen LogP contribution in [0.25, 0.3) is 0 Å². The van der Waals surface area contributed by atoms with Crippen LogP contribution in [0.15, 0.2) is 42.5 Å². The molecule has 2 aromatic rings. The number of hydrogen-bond acceptors (Lipinski definition) is 4. The number of amides is 3. The van der Waals surface area contributed by atoms with Gasteiger partial charge in [-0.25, -0.2) is 4.79 Å². The fraction of sp³-hybridized carbons (Fsp3) is 0.300. The van der Waals surface area contributed by atoms with E-state index in [0.717, 1.165) is 24.5 Å². The number of carbonyl (C=O) groups is 2. The summed E-state index contributed by atoms with van der Waals surface area (Å²) in [5, 5.41) is 6.28. The maximum atomic E-state index is 12.8. The van der Waals surface area contributed by atoms with Crippen molar-refractivity contribution in [3.05, 3.63) is 53.1 Å². The molecule has 8 heteroatoms. The van der Waals surface area contributed by atoms with Gasteiger partial charge in [-0.15, -0.1) is 0 Å². The summed E-state index contributed by atoms with van der Waals surface area (Å²) in [5.74, 6) is -0.228. The highest BCUT2D eigenvalue weighted by atomic mass is 35.5. The van der Waals surface area contributed by atoms with Crippen molar-refractivity contribution in [2.45, 2.75) is 0 Å². The molecule has 3 amide bonds. The molecule has 2 fully saturated rings. The highest BCUT2D eigenvalue weighted by molar-refractivity contribution is 6.31. The lowest BCUT2D eigenvalue weighted by molar-refractivity contribution is 0.102. The predicted octanol–water partition coefficient (Wildman–Crippen LogP) is 2.96. The lowest BCUT2D eigenvalue weighted by Crippen LogP contribution is -2.36. The van der Waals surface area contributed by atoms with E-state index in [-0.39, 0.29) is 11.9 Å². The molecule has 4 rings (SSSR count). The second-order valence-electron chi connectivity index (χ2n) is 6.65. The van der Waals surface area contributed by atoms with Gasteiger partial charge in [-0.3, -0.25) is 9.69 Å². The third-order valence-corrected chi connectivity index (χ3v) is 5.09. The van der Waals surface area contributed by atoms with Gasteiger partial charge >= 0.3 is 6.03 Å². The van der Waals surface area contributed by atoms with Gasteiger partial charge in [-0.1, -0.05) is 11.6 Å². The molecule has 2 aliphatic rings. The quantitative estimate of drug-likeness (QED) is 0.827. The molecule has 0 saturated carbocycles. The Morgan fingerprint density at radius 2 is 1.82 bits per heavy atom. The van der Waals surface area contributed by atoms with Crippen LogP contribution in [0.2, 0.25) is 5.02 Å². The maximum absolute atomic E-state index is 12.8. The van der Waals surface area contributed by atoms with E-state index >= 15 is 0 Å². The Bertz CT molecular complexity index is 882. The van der Waals surface area contributed by atoms with E-state index < -0.39 is 0 Å². The summed E-state index contributed by atoms with van der Waals surface area (Å²) in [6, 6.07) is 12.4. The topological polar surface area (TPSA) is 73.9 Å². The second kappa shape index (κ2) is 8.08. The molecule has 0 aliphatic carbocycles. The summed E-state index contributed by atoms with van der Waals surface area (Å²) < 4.78 is 5.41. The van der Waals surface area contributed by atoms with Crippen molar-refractivity contribution in [3.63, 3.8) is 0 Å². The standard InChI is InChI=1S/C20H21ClN4O3/c21-15-3-6-18(24-9-11-28-12-10-24)17(13-15)23-19(26)14-1-4-16(5-2-14)25-8-7-22-20(25)27/h1-6,13H,7-12H2,(H,22,27)(H,23,26). The molecule has 2 N–H and O–H groups in total. The van der Waals surface area contributed by atoms with Crippen LogP contribution < -0.4 is 20.4 Å². The van der Waals surface area contributed by atoms with Crippen LogP contribution in [0, 0.1) is 0 Å². The Balaban J connectivity index is 1.51. The van der Waals surface area contributed by atoms with E-state index in [1.807, 2.05) is 12.1 Å². The number of urea groups is 1. The summed E-state index contributed by atoms with van der Waals surface area (Å²) in [6.07, 6.45) is 0. The van der Waals surface area contributed by atoms with Crippen molar-refractivity contribution >= 4 is 40.6 Å². The first-order chi connectivity index (χ1) is 13.6. The highest BCUT2D eigenvalue weighted by Gasteiger charge is 2.21. The molecule has 2 saturated heterocycles. The maximum Gasteiger partial charge on any atom is 0.321 e. The van der Waals surface area contributed by atoms with Crippen LogP contribution in [0.4, 0.5) is 21.9 Å². The number of benzene rings is 2. The van der Waals surface area contributed by atoms with E-state index in [2.05, 4.69) is 15.5 Å². The molecule has 0 radical (unpaired) electrons. The third-order valence-electron chi connectivity index (χ3n) is 4.86. The van der Waals surface area contributed by atoms with Gasteiger partial charge in [0.1, 0.15) is 0 Å². The van der Waals surface area contributed by atoms with E-state index in [0.29, 0.717) is 42.6 Å². The Kier molecular flexibility index (Phi) is 5.36. The van der Waals surface area contributed by atoms with Gasteiger partial charge in [-0.2, -0.15) is 0 Å². The molecule has 0 spiro atoms. The third kappa shape index (κ3) is 3.90. The normalized spacial score (nSPS) is 16.8. The minimum Gasteiger partial charge on any atom is -0.378 e. The SMILES string of the molecule is O=C(Nc1cc(Cl)ccc1N1CCOCC1)c1ccc(N2CCNC2=O)cc1. The molecule has 2 aromatic carbocycles. The molecule has 0 atom stereocenters. The summed E-state index contributed by atoms with van der Waals surface area (Å²) in [4.78, 5) is 28.4. The van der Waals surface area contributed by atoms with Gasteiger partial charge in [0.05, 0.1) is 24.6 Å². The van der Waals surface area contributed by atoms with Crippen molar-refractivity contribution in [2.24, 2.45) is 0 Å². The summed E-state index contributed by atoms with van der Waals surface area (Å²) in [5.41, 5.74) is 2.87. The molecule has 0 bridgehead atoms. The molecule has 2 aliphatic heterocycles. The zero-order chi connectivity index (χ0) is 19.5. The van der Waals surface area contributed by atoms with Crippen molar-refractivity contribution < 1.29 is 14.3 Å². The number of hydrogen-bond donors (Lipinski definition) is 2. The van der Waals surface area contributed by atoms with Crippen molar-refractivity contribution in [2.75, 3.05) is 54.5 Å². The minimum atomic E-state index is -0.228. The first-order valence-corrected chi connectivity index (χ1v) is 9.59. The minimum absolute atomic E-state index is 0.119. The zero-order valence-corrected chi connectivity index (χ0v) is 16.0. The van der Waals surface area contributed by atoms with E-state index in [4.69, 9.17) is 16.3 Å². The van der Waals surface area contributed by atoms with Gasteiger partial charge in [0.25, 0.3) is 5.91 Å². The summed E-state index contributed by atoms with van der Waals surface area (Å²) in [7, 11) is 0. The average molecular weight is 401 g/mol.